The summed E-state index contributed by atoms with van der Waals surface area (Å²) in [7, 11) is 0. The Morgan fingerprint density at radius 3 is 1.84 bits per heavy atom. The van der Waals surface area contributed by atoms with E-state index in [2.05, 4.69) is 101 Å². The summed E-state index contributed by atoms with van der Waals surface area (Å²) in [5, 5.41) is 13.3. The Bertz CT molecular complexity index is 2670. The number of aliphatic imine (C=N–C) groups is 1. The van der Waals surface area contributed by atoms with Crippen LogP contribution in [-0.4, -0.2) is 16.3 Å². The molecule has 9 aromatic rings. The maximum absolute atomic E-state index is 9.02. The standard InChI is InChI=1S/C44H30N4O/c45-43(32-17-8-3-9-18-32)46-44(33-25-23-31(24-26-33)29-13-4-1-5-14-29)47-48-37-20-12-22-40-42(37)41-36(35-19-10-11-21-39(35)49-40)27-34(28-38(41)48)30-15-6-2-7-16-30/h1-28H,(H2,45,46,47). The van der Waals surface area contributed by atoms with Crippen molar-refractivity contribution < 1.29 is 4.42 Å². The minimum Gasteiger partial charge on any atom is -0.456 e. The highest BCUT2D eigenvalue weighted by Gasteiger charge is 2.21. The topological polar surface area (TPSA) is 66.3 Å². The lowest BCUT2D eigenvalue weighted by atomic mass is 9.98. The quantitative estimate of drug-likeness (QED) is 0.147. The fraction of sp³-hybridized carbons (Fsp3) is 0. The van der Waals surface area contributed by atoms with Gasteiger partial charge in [0.2, 0.25) is 0 Å². The smallest absolute Gasteiger partial charge is 0.154 e. The lowest BCUT2D eigenvalue weighted by Crippen LogP contribution is -2.25. The van der Waals surface area contributed by atoms with Crippen molar-refractivity contribution in [1.29, 1.82) is 5.41 Å². The lowest BCUT2D eigenvalue weighted by molar-refractivity contribution is 0.664. The molecule has 0 aliphatic rings. The van der Waals surface area contributed by atoms with Gasteiger partial charge in [0.1, 0.15) is 11.2 Å². The molecule has 0 aliphatic heterocycles. The van der Waals surface area contributed by atoms with Gasteiger partial charge in [0, 0.05) is 21.9 Å². The van der Waals surface area contributed by atoms with Gasteiger partial charge in [-0.3, -0.25) is 15.5 Å². The summed E-state index contributed by atoms with van der Waals surface area (Å²) in [6.07, 6.45) is 0. The molecular formula is C44H30N4O. The van der Waals surface area contributed by atoms with Crippen molar-refractivity contribution in [3.05, 3.63) is 181 Å². The maximum Gasteiger partial charge on any atom is 0.154 e. The second-order valence-corrected chi connectivity index (χ2v) is 12.1. The van der Waals surface area contributed by atoms with Crippen molar-refractivity contribution in [1.82, 2.24) is 4.68 Å². The minimum atomic E-state index is 0.167. The van der Waals surface area contributed by atoms with Crippen LogP contribution in [0.5, 0.6) is 0 Å². The first-order valence-corrected chi connectivity index (χ1v) is 16.3. The number of hydrogen-bond donors (Lipinski definition) is 2. The summed E-state index contributed by atoms with van der Waals surface area (Å²) >= 11 is 0. The lowest BCUT2D eigenvalue weighted by Gasteiger charge is -2.16. The number of nitrogens with zero attached hydrogens (tertiary/aromatic N) is 2. The van der Waals surface area contributed by atoms with Crippen molar-refractivity contribution in [3.63, 3.8) is 0 Å². The molecule has 49 heavy (non-hydrogen) atoms. The average molecular weight is 631 g/mol. The summed E-state index contributed by atoms with van der Waals surface area (Å²) < 4.78 is 8.74. The maximum atomic E-state index is 9.02. The van der Waals surface area contributed by atoms with Gasteiger partial charge >= 0.3 is 0 Å². The number of fused-ring (bicyclic) bond motifs is 2. The van der Waals surface area contributed by atoms with E-state index in [9.17, 15) is 0 Å². The second kappa shape index (κ2) is 11.8. The van der Waals surface area contributed by atoms with Gasteiger partial charge < -0.3 is 4.42 Å². The van der Waals surface area contributed by atoms with Crippen LogP contribution >= 0.6 is 0 Å². The summed E-state index contributed by atoms with van der Waals surface area (Å²) in [4.78, 5) is 4.94. The number of aromatic nitrogens is 1. The minimum absolute atomic E-state index is 0.167. The number of hydrogen-bond acceptors (Lipinski definition) is 2. The van der Waals surface area contributed by atoms with E-state index >= 15 is 0 Å². The van der Waals surface area contributed by atoms with E-state index < -0.39 is 0 Å². The summed E-state index contributed by atoms with van der Waals surface area (Å²) in [5.74, 6) is 0.725. The third-order valence-electron chi connectivity index (χ3n) is 9.11. The highest BCUT2D eigenvalue weighted by Crippen LogP contribution is 2.41. The zero-order valence-electron chi connectivity index (χ0n) is 26.5. The van der Waals surface area contributed by atoms with Crippen LogP contribution in [0, 0.1) is 5.41 Å². The molecule has 5 nitrogen and oxygen atoms in total. The summed E-state index contributed by atoms with van der Waals surface area (Å²) in [5.41, 5.74) is 13.3. The van der Waals surface area contributed by atoms with E-state index in [1.54, 1.807) is 0 Å². The zero-order chi connectivity index (χ0) is 32.7. The molecule has 0 bridgehead atoms. The molecule has 0 saturated carbocycles. The van der Waals surface area contributed by atoms with Crippen LogP contribution in [0.2, 0.25) is 0 Å². The first kappa shape index (κ1) is 28.5. The molecule has 2 N–H and O–H groups in total. The molecule has 7 aromatic carbocycles. The predicted octanol–water partition coefficient (Wildman–Crippen LogP) is 11.0. The van der Waals surface area contributed by atoms with Crippen molar-refractivity contribution >= 4 is 55.4 Å². The van der Waals surface area contributed by atoms with Gasteiger partial charge in [0.25, 0.3) is 0 Å². The van der Waals surface area contributed by atoms with Gasteiger partial charge in [0.15, 0.2) is 11.7 Å². The Labute approximate surface area is 282 Å². The fourth-order valence-corrected chi connectivity index (χ4v) is 6.75. The van der Waals surface area contributed by atoms with E-state index in [4.69, 9.17) is 14.8 Å². The van der Waals surface area contributed by atoms with Crippen LogP contribution in [0.3, 0.4) is 0 Å². The first-order valence-electron chi connectivity index (χ1n) is 16.3. The van der Waals surface area contributed by atoms with E-state index in [0.29, 0.717) is 5.84 Å². The third kappa shape index (κ3) is 5.05. The molecule has 0 fully saturated rings. The van der Waals surface area contributed by atoms with E-state index in [-0.39, 0.29) is 5.84 Å². The van der Waals surface area contributed by atoms with Gasteiger partial charge in [-0.1, -0.05) is 140 Å². The van der Waals surface area contributed by atoms with Gasteiger partial charge in [-0.15, -0.1) is 0 Å². The molecule has 0 amide bonds. The number of rotatable bonds is 5. The molecule has 5 heteroatoms. The molecule has 9 rings (SSSR count). The highest BCUT2D eigenvalue weighted by molar-refractivity contribution is 6.28. The zero-order valence-corrected chi connectivity index (χ0v) is 26.5. The Kier molecular flexibility index (Phi) is 6.87. The van der Waals surface area contributed by atoms with Crippen molar-refractivity contribution in [2.75, 3.05) is 5.43 Å². The first-order chi connectivity index (χ1) is 24.2. The van der Waals surface area contributed by atoms with Crippen molar-refractivity contribution in [3.8, 4) is 22.3 Å². The summed E-state index contributed by atoms with van der Waals surface area (Å²) in [6.45, 7) is 0. The molecular weight excluding hydrogens is 601 g/mol. The normalized spacial score (nSPS) is 11.9. The van der Waals surface area contributed by atoms with Gasteiger partial charge in [-0.25, -0.2) is 4.99 Å². The third-order valence-corrected chi connectivity index (χ3v) is 9.11. The van der Waals surface area contributed by atoms with Gasteiger partial charge in [-0.05, 0) is 58.0 Å². The van der Waals surface area contributed by atoms with Gasteiger partial charge in [-0.2, -0.15) is 0 Å². The molecule has 2 aromatic heterocycles. The van der Waals surface area contributed by atoms with E-state index in [1.165, 1.54) is 0 Å². The molecule has 0 aliphatic carbocycles. The Morgan fingerprint density at radius 2 is 1.10 bits per heavy atom. The van der Waals surface area contributed by atoms with Crippen LogP contribution in [0.4, 0.5) is 0 Å². The highest BCUT2D eigenvalue weighted by atomic mass is 16.3. The molecule has 0 saturated heterocycles. The number of para-hydroxylation sites is 1. The van der Waals surface area contributed by atoms with Gasteiger partial charge in [0.05, 0.1) is 16.4 Å². The SMILES string of the molecule is N=C(N=C(Nn1c2cccc3oc4ccccc4c4cc(-c5ccccc5)cc1c4c32)c1ccc(-c2ccccc2)cc1)c1ccccc1. The molecule has 0 atom stereocenters. The van der Waals surface area contributed by atoms with Crippen LogP contribution < -0.4 is 5.43 Å². The average Bonchev–Trinajstić information content (AvgIpc) is 3.40. The number of nitrogens with one attached hydrogen (secondary N) is 2. The predicted molar refractivity (Wildman–Crippen MR) is 203 cm³/mol. The van der Waals surface area contributed by atoms with Crippen LogP contribution in [0.15, 0.2) is 179 Å². The second-order valence-electron chi connectivity index (χ2n) is 12.1. The Morgan fingerprint density at radius 1 is 0.490 bits per heavy atom. The van der Waals surface area contributed by atoms with Crippen LogP contribution in [0.25, 0.3) is 66.0 Å². The fourth-order valence-electron chi connectivity index (χ4n) is 6.75. The Balaban J connectivity index is 1.30. The molecule has 232 valence electrons. The number of amidine groups is 2. The largest absolute Gasteiger partial charge is 0.456 e. The number of benzene rings is 7. The van der Waals surface area contributed by atoms with Crippen molar-refractivity contribution in [2.24, 2.45) is 4.99 Å². The van der Waals surface area contributed by atoms with E-state index in [0.717, 1.165) is 77.1 Å². The van der Waals surface area contributed by atoms with Crippen LogP contribution in [0.1, 0.15) is 11.1 Å². The molecule has 0 unspecified atom stereocenters. The van der Waals surface area contributed by atoms with Crippen molar-refractivity contribution in [2.45, 2.75) is 0 Å². The molecule has 2 heterocycles. The monoisotopic (exact) mass is 630 g/mol. The van der Waals surface area contributed by atoms with E-state index in [1.807, 2.05) is 78.9 Å². The Hall–Kier alpha value is -6.72. The summed E-state index contributed by atoms with van der Waals surface area (Å²) in [6, 6.07) is 57.7. The van der Waals surface area contributed by atoms with Crippen LogP contribution in [-0.2, 0) is 0 Å². The molecule has 0 spiro atoms. The molecule has 0 radical (unpaired) electrons.